The second-order valence-electron chi connectivity index (χ2n) is 6.08. The van der Waals surface area contributed by atoms with Crippen LogP contribution in [0.15, 0.2) is 59.8 Å². The number of nitrogens with zero attached hydrogens (tertiary/aromatic N) is 4. The molecule has 1 heterocycles. The van der Waals surface area contributed by atoms with Gasteiger partial charge in [-0.1, -0.05) is 60.3 Å². The van der Waals surface area contributed by atoms with Gasteiger partial charge in [-0.15, -0.1) is 10.2 Å². The molecule has 0 unspecified atom stereocenters. The van der Waals surface area contributed by atoms with Crippen LogP contribution in [0, 0.1) is 0 Å². The lowest BCUT2D eigenvalue weighted by atomic mass is 10.2. The van der Waals surface area contributed by atoms with Gasteiger partial charge >= 0.3 is 0 Å². The van der Waals surface area contributed by atoms with Crippen molar-refractivity contribution >= 4 is 17.7 Å². The highest BCUT2D eigenvalue weighted by Gasteiger charge is 2.16. The van der Waals surface area contributed by atoms with Gasteiger partial charge in [0.15, 0.2) is 11.0 Å². The molecule has 0 atom stereocenters. The molecule has 0 saturated carbocycles. The van der Waals surface area contributed by atoms with Crippen molar-refractivity contribution < 1.29 is 9.53 Å². The van der Waals surface area contributed by atoms with Crippen molar-refractivity contribution in [2.24, 2.45) is 7.05 Å². The zero-order valence-electron chi connectivity index (χ0n) is 15.6. The third-order valence-corrected chi connectivity index (χ3v) is 5.22. The van der Waals surface area contributed by atoms with Crippen molar-refractivity contribution in [1.82, 2.24) is 19.7 Å². The van der Waals surface area contributed by atoms with E-state index in [4.69, 9.17) is 4.74 Å². The summed E-state index contributed by atoms with van der Waals surface area (Å²) < 4.78 is 7.26. The summed E-state index contributed by atoms with van der Waals surface area (Å²) >= 11 is 1.39. The Labute approximate surface area is 163 Å². The van der Waals surface area contributed by atoms with Gasteiger partial charge in [0, 0.05) is 31.8 Å². The summed E-state index contributed by atoms with van der Waals surface area (Å²) in [6, 6.07) is 17.6. The van der Waals surface area contributed by atoms with Gasteiger partial charge in [-0.2, -0.15) is 0 Å². The van der Waals surface area contributed by atoms with Gasteiger partial charge in [0.2, 0.25) is 5.91 Å². The Morgan fingerprint density at radius 2 is 1.81 bits per heavy atom. The molecule has 0 saturated heterocycles. The average Bonchev–Trinajstić information content (AvgIpc) is 3.07. The first-order valence-corrected chi connectivity index (χ1v) is 9.52. The molecule has 7 heteroatoms. The zero-order chi connectivity index (χ0) is 19.2. The average molecular weight is 382 g/mol. The summed E-state index contributed by atoms with van der Waals surface area (Å²) in [5, 5.41) is 9.19. The van der Waals surface area contributed by atoms with Crippen LogP contribution in [0.2, 0.25) is 0 Å². The number of hydrogen-bond donors (Lipinski definition) is 0. The molecular weight excluding hydrogens is 360 g/mol. The predicted octanol–water partition coefficient (Wildman–Crippen LogP) is 3.24. The van der Waals surface area contributed by atoms with E-state index >= 15 is 0 Å². The number of hydrogen-bond acceptors (Lipinski definition) is 5. The monoisotopic (exact) mass is 382 g/mol. The molecule has 6 nitrogen and oxygen atoms in total. The lowest BCUT2D eigenvalue weighted by molar-refractivity contribution is -0.127. The van der Waals surface area contributed by atoms with E-state index in [9.17, 15) is 4.79 Å². The standard InChI is InChI=1S/C20H22N4O2S/c1-23(13-16-11-7-8-12-17(16)26-3)18(25)14-27-20-22-21-19(24(20)2)15-9-5-4-6-10-15/h4-12H,13-14H2,1-3H3. The smallest absolute Gasteiger partial charge is 0.233 e. The van der Waals surface area contributed by atoms with Gasteiger partial charge in [0.1, 0.15) is 5.75 Å². The van der Waals surface area contributed by atoms with Crippen LogP contribution in [-0.4, -0.2) is 45.5 Å². The Kier molecular flexibility index (Phi) is 6.13. The number of amides is 1. The fraction of sp³-hybridized carbons (Fsp3) is 0.250. The van der Waals surface area contributed by atoms with Gasteiger partial charge in [0.25, 0.3) is 0 Å². The number of aromatic nitrogens is 3. The summed E-state index contributed by atoms with van der Waals surface area (Å²) in [6.07, 6.45) is 0. The molecule has 2 aromatic carbocycles. The Bertz CT molecular complexity index is 911. The number of carbonyl (C=O) groups excluding carboxylic acids is 1. The number of ether oxygens (including phenoxy) is 1. The van der Waals surface area contributed by atoms with Crippen molar-refractivity contribution in [2.75, 3.05) is 19.9 Å². The quantitative estimate of drug-likeness (QED) is 0.587. The molecule has 0 aliphatic heterocycles. The van der Waals surface area contributed by atoms with Gasteiger partial charge < -0.3 is 14.2 Å². The van der Waals surface area contributed by atoms with Crippen LogP contribution < -0.4 is 4.74 Å². The van der Waals surface area contributed by atoms with E-state index in [0.717, 1.165) is 22.7 Å². The topological polar surface area (TPSA) is 60.2 Å². The van der Waals surface area contributed by atoms with Crippen molar-refractivity contribution in [2.45, 2.75) is 11.7 Å². The SMILES string of the molecule is COc1ccccc1CN(C)C(=O)CSc1nnc(-c2ccccc2)n1C. The molecule has 3 rings (SSSR count). The van der Waals surface area contributed by atoms with E-state index in [-0.39, 0.29) is 5.91 Å². The molecule has 0 aliphatic carbocycles. The summed E-state index contributed by atoms with van der Waals surface area (Å²) in [5.41, 5.74) is 1.98. The molecular formula is C20H22N4O2S. The van der Waals surface area contributed by atoms with Crippen molar-refractivity contribution in [3.05, 3.63) is 60.2 Å². The normalized spacial score (nSPS) is 10.6. The van der Waals surface area contributed by atoms with Gasteiger partial charge in [-0.3, -0.25) is 4.79 Å². The molecule has 0 radical (unpaired) electrons. The summed E-state index contributed by atoms with van der Waals surface area (Å²) in [7, 11) is 5.34. The maximum absolute atomic E-state index is 12.5. The van der Waals surface area contributed by atoms with Crippen LogP contribution in [0.25, 0.3) is 11.4 Å². The first kappa shape index (κ1) is 19.0. The van der Waals surface area contributed by atoms with Gasteiger partial charge in [0.05, 0.1) is 12.9 Å². The van der Waals surface area contributed by atoms with E-state index in [1.807, 2.05) is 66.2 Å². The fourth-order valence-corrected chi connectivity index (χ4v) is 3.54. The van der Waals surface area contributed by atoms with Gasteiger partial charge in [-0.05, 0) is 6.07 Å². The van der Waals surface area contributed by atoms with Crippen LogP contribution in [0.4, 0.5) is 0 Å². The second-order valence-corrected chi connectivity index (χ2v) is 7.02. The third-order valence-electron chi connectivity index (χ3n) is 4.22. The number of thioether (sulfide) groups is 1. The number of benzene rings is 2. The molecule has 1 amide bonds. The Balaban J connectivity index is 1.61. The van der Waals surface area contributed by atoms with E-state index in [2.05, 4.69) is 10.2 Å². The Hall–Kier alpha value is -2.80. The maximum Gasteiger partial charge on any atom is 0.233 e. The Morgan fingerprint density at radius 3 is 2.56 bits per heavy atom. The molecule has 0 aliphatic rings. The molecule has 0 spiro atoms. The first-order chi connectivity index (χ1) is 13.1. The molecule has 3 aromatic rings. The Morgan fingerprint density at radius 1 is 1.11 bits per heavy atom. The molecule has 1 aromatic heterocycles. The largest absolute Gasteiger partial charge is 0.496 e. The third kappa shape index (κ3) is 4.49. The van der Waals surface area contributed by atoms with Crippen LogP contribution in [0.5, 0.6) is 5.75 Å². The van der Waals surface area contributed by atoms with Crippen molar-refractivity contribution in [3.63, 3.8) is 0 Å². The van der Waals surface area contributed by atoms with Crippen molar-refractivity contribution in [3.8, 4) is 17.1 Å². The summed E-state index contributed by atoms with van der Waals surface area (Å²) in [4.78, 5) is 14.2. The molecule has 140 valence electrons. The van der Waals surface area contributed by atoms with E-state index < -0.39 is 0 Å². The predicted molar refractivity (Wildman–Crippen MR) is 107 cm³/mol. The molecule has 27 heavy (non-hydrogen) atoms. The zero-order valence-corrected chi connectivity index (χ0v) is 16.4. The first-order valence-electron chi connectivity index (χ1n) is 8.53. The van der Waals surface area contributed by atoms with E-state index in [1.165, 1.54) is 11.8 Å². The fourth-order valence-electron chi connectivity index (χ4n) is 2.69. The minimum atomic E-state index is 0.0233. The maximum atomic E-state index is 12.5. The highest BCUT2D eigenvalue weighted by molar-refractivity contribution is 7.99. The van der Waals surface area contributed by atoms with Crippen LogP contribution in [0.3, 0.4) is 0 Å². The van der Waals surface area contributed by atoms with Crippen LogP contribution >= 0.6 is 11.8 Å². The highest BCUT2D eigenvalue weighted by Crippen LogP contribution is 2.23. The lowest BCUT2D eigenvalue weighted by Gasteiger charge is -2.18. The van der Waals surface area contributed by atoms with Crippen molar-refractivity contribution in [1.29, 1.82) is 0 Å². The molecule has 0 fully saturated rings. The second kappa shape index (κ2) is 8.73. The van der Waals surface area contributed by atoms with Crippen LogP contribution in [-0.2, 0) is 18.4 Å². The summed E-state index contributed by atoms with van der Waals surface area (Å²) in [6.45, 7) is 0.498. The minimum Gasteiger partial charge on any atom is -0.496 e. The van der Waals surface area contributed by atoms with Crippen LogP contribution in [0.1, 0.15) is 5.56 Å². The number of carbonyl (C=O) groups is 1. The minimum absolute atomic E-state index is 0.0233. The number of methoxy groups -OCH3 is 1. The van der Waals surface area contributed by atoms with Gasteiger partial charge in [-0.25, -0.2) is 0 Å². The van der Waals surface area contributed by atoms with E-state index in [1.54, 1.807) is 19.1 Å². The van der Waals surface area contributed by atoms with E-state index in [0.29, 0.717) is 17.5 Å². The molecule has 0 bridgehead atoms. The molecule has 0 N–H and O–H groups in total. The summed E-state index contributed by atoms with van der Waals surface area (Å²) in [5.74, 6) is 1.89. The number of para-hydroxylation sites is 1. The highest BCUT2D eigenvalue weighted by atomic mass is 32.2. The number of rotatable bonds is 7. The lowest BCUT2D eigenvalue weighted by Crippen LogP contribution is -2.28.